The van der Waals surface area contributed by atoms with E-state index in [9.17, 15) is 4.39 Å². The maximum atomic E-state index is 13.1. The Morgan fingerprint density at radius 1 is 1.24 bits per heavy atom. The summed E-state index contributed by atoms with van der Waals surface area (Å²) in [7, 11) is 0. The average Bonchev–Trinajstić information content (AvgIpc) is 2.71. The normalized spacial score (nSPS) is 10.9. The summed E-state index contributed by atoms with van der Waals surface area (Å²) < 4.78 is 15.0. The number of rotatable bonds is 1. The third kappa shape index (κ3) is 1.67. The van der Waals surface area contributed by atoms with Crippen molar-refractivity contribution in [2.45, 2.75) is 6.92 Å². The molecule has 0 aliphatic carbocycles. The topological polar surface area (TPSA) is 30.2 Å². The fraction of sp³-hybridized carbons (Fsp3) is 0.0769. The summed E-state index contributed by atoms with van der Waals surface area (Å²) in [4.78, 5) is 8.15. The van der Waals surface area contributed by atoms with Gasteiger partial charge >= 0.3 is 0 Å². The Morgan fingerprint density at radius 3 is 2.94 bits per heavy atom. The smallest absolute Gasteiger partial charge is 0.213 e. The highest BCUT2D eigenvalue weighted by Crippen LogP contribution is 2.19. The summed E-state index contributed by atoms with van der Waals surface area (Å²) in [5.41, 5.74) is 3.36. The van der Waals surface area contributed by atoms with Gasteiger partial charge in [0.15, 0.2) is 0 Å². The molecule has 17 heavy (non-hydrogen) atoms. The lowest BCUT2D eigenvalue weighted by atomic mass is 10.2. The molecule has 0 unspecified atom stereocenters. The van der Waals surface area contributed by atoms with Crippen molar-refractivity contribution in [3.63, 3.8) is 0 Å². The monoisotopic (exact) mass is 227 g/mol. The molecule has 3 rings (SSSR count). The summed E-state index contributed by atoms with van der Waals surface area (Å²) >= 11 is 0. The van der Waals surface area contributed by atoms with E-state index in [0.29, 0.717) is 5.69 Å². The molecule has 0 fully saturated rings. The molecule has 3 aromatic rings. The van der Waals surface area contributed by atoms with E-state index in [4.69, 9.17) is 0 Å². The zero-order valence-electron chi connectivity index (χ0n) is 9.26. The molecule has 0 N–H and O–H groups in total. The molecular weight excluding hydrogens is 217 g/mol. The number of hydrogen-bond acceptors (Lipinski definition) is 2. The number of pyridine rings is 2. The maximum absolute atomic E-state index is 13.1. The summed E-state index contributed by atoms with van der Waals surface area (Å²) in [6.45, 7) is 2.01. The fourth-order valence-electron chi connectivity index (χ4n) is 1.82. The Kier molecular flexibility index (Phi) is 2.14. The maximum Gasteiger partial charge on any atom is 0.213 e. The summed E-state index contributed by atoms with van der Waals surface area (Å²) in [5, 5.41) is 0. The van der Waals surface area contributed by atoms with Crippen molar-refractivity contribution in [2.75, 3.05) is 0 Å². The molecule has 3 nitrogen and oxygen atoms in total. The van der Waals surface area contributed by atoms with Crippen LogP contribution in [-0.4, -0.2) is 14.4 Å². The van der Waals surface area contributed by atoms with Crippen LogP contribution in [0.1, 0.15) is 5.56 Å². The van der Waals surface area contributed by atoms with Crippen LogP contribution in [0.4, 0.5) is 4.39 Å². The number of imidazole rings is 1. The zero-order valence-corrected chi connectivity index (χ0v) is 9.26. The zero-order chi connectivity index (χ0) is 11.8. The fourth-order valence-corrected chi connectivity index (χ4v) is 1.82. The number of fused-ring (bicyclic) bond motifs is 1. The molecule has 0 bridgehead atoms. The third-order valence-corrected chi connectivity index (χ3v) is 2.65. The number of halogens is 1. The summed E-state index contributed by atoms with van der Waals surface area (Å²) in [5.74, 6) is -0.482. The number of aryl methyl sites for hydroxylation is 1. The van der Waals surface area contributed by atoms with Gasteiger partial charge in [0.05, 0.1) is 17.6 Å². The van der Waals surface area contributed by atoms with Crippen molar-refractivity contribution in [3.8, 4) is 11.4 Å². The molecule has 0 amide bonds. The first-order valence-electron chi connectivity index (χ1n) is 5.31. The molecular formula is C13H10FN3. The molecule has 0 saturated heterocycles. The van der Waals surface area contributed by atoms with Gasteiger partial charge in [-0.2, -0.15) is 4.39 Å². The Balaban J connectivity index is 2.24. The van der Waals surface area contributed by atoms with Gasteiger partial charge in [-0.25, -0.2) is 9.97 Å². The van der Waals surface area contributed by atoms with Crippen LogP contribution in [0.5, 0.6) is 0 Å². The van der Waals surface area contributed by atoms with Gasteiger partial charge in [0.25, 0.3) is 0 Å². The number of aromatic nitrogens is 3. The largest absolute Gasteiger partial charge is 0.298 e. The van der Waals surface area contributed by atoms with Crippen LogP contribution in [0.3, 0.4) is 0 Å². The van der Waals surface area contributed by atoms with Crippen molar-refractivity contribution < 1.29 is 4.39 Å². The van der Waals surface area contributed by atoms with Gasteiger partial charge in [-0.05, 0) is 36.8 Å². The van der Waals surface area contributed by atoms with E-state index in [1.165, 1.54) is 6.07 Å². The molecule has 3 heterocycles. The van der Waals surface area contributed by atoms with Crippen LogP contribution in [0.25, 0.3) is 17.0 Å². The van der Waals surface area contributed by atoms with Crippen LogP contribution < -0.4 is 0 Å². The van der Waals surface area contributed by atoms with Crippen LogP contribution in [0.2, 0.25) is 0 Å². The number of hydrogen-bond donors (Lipinski definition) is 0. The molecule has 0 saturated carbocycles. The standard InChI is InChI=1S/C13H10FN3/c1-9-5-6-17-11(8-15-13(17)7-9)10-3-2-4-12(14)16-10/h2-8H,1H3. The second-order valence-corrected chi connectivity index (χ2v) is 3.92. The molecule has 0 aliphatic rings. The molecule has 4 heteroatoms. The lowest BCUT2D eigenvalue weighted by Crippen LogP contribution is -1.92. The lowest BCUT2D eigenvalue weighted by Gasteiger charge is -2.01. The van der Waals surface area contributed by atoms with Gasteiger partial charge in [0, 0.05) is 6.20 Å². The summed E-state index contributed by atoms with van der Waals surface area (Å²) in [6, 6.07) is 8.70. The van der Waals surface area contributed by atoms with Gasteiger partial charge in [-0.15, -0.1) is 0 Å². The van der Waals surface area contributed by atoms with Gasteiger partial charge < -0.3 is 0 Å². The van der Waals surface area contributed by atoms with Crippen LogP contribution >= 0.6 is 0 Å². The van der Waals surface area contributed by atoms with E-state index in [1.807, 2.05) is 29.7 Å². The highest BCUT2D eigenvalue weighted by atomic mass is 19.1. The van der Waals surface area contributed by atoms with Crippen molar-refractivity contribution in [1.82, 2.24) is 14.4 Å². The van der Waals surface area contributed by atoms with Crippen molar-refractivity contribution >= 4 is 5.65 Å². The minimum absolute atomic E-state index is 0.482. The van der Waals surface area contributed by atoms with E-state index < -0.39 is 5.95 Å². The minimum Gasteiger partial charge on any atom is -0.298 e. The predicted molar refractivity (Wildman–Crippen MR) is 63.1 cm³/mol. The minimum atomic E-state index is -0.482. The summed E-state index contributed by atoms with van der Waals surface area (Å²) in [6.07, 6.45) is 3.62. The molecule has 84 valence electrons. The SMILES string of the molecule is Cc1ccn2c(-c3cccc(F)n3)cnc2c1. The highest BCUT2D eigenvalue weighted by Gasteiger charge is 2.07. The molecule has 0 spiro atoms. The highest BCUT2D eigenvalue weighted by molar-refractivity contribution is 5.60. The van der Waals surface area contributed by atoms with E-state index in [0.717, 1.165) is 16.9 Å². The third-order valence-electron chi connectivity index (χ3n) is 2.65. The van der Waals surface area contributed by atoms with Crippen LogP contribution in [-0.2, 0) is 0 Å². The van der Waals surface area contributed by atoms with Gasteiger partial charge in [0.2, 0.25) is 5.95 Å². The Bertz CT molecular complexity index is 688. The van der Waals surface area contributed by atoms with E-state index >= 15 is 0 Å². The molecule has 0 radical (unpaired) electrons. The van der Waals surface area contributed by atoms with E-state index in [-0.39, 0.29) is 0 Å². The first-order chi connectivity index (χ1) is 8.24. The van der Waals surface area contributed by atoms with Crippen LogP contribution in [0, 0.1) is 12.9 Å². The van der Waals surface area contributed by atoms with Crippen molar-refractivity contribution in [3.05, 3.63) is 54.2 Å². The predicted octanol–water partition coefficient (Wildman–Crippen LogP) is 2.84. The Morgan fingerprint density at radius 2 is 2.12 bits per heavy atom. The molecule has 0 atom stereocenters. The van der Waals surface area contributed by atoms with Gasteiger partial charge in [-0.3, -0.25) is 4.40 Å². The molecule has 3 aromatic heterocycles. The average molecular weight is 227 g/mol. The van der Waals surface area contributed by atoms with Crippen molar-refractivity contribution in [1.29, 1.82) is 0 Å². The second-order valence-electron chi connectivity index (χ2n) is 3.92. The molecule has 0 aromatic carbocycles. The first kappa shape index (κ1) is 9.96. The second kappa shape index (κ2) is 3.66. The first-order valence-corrected chi connectivity index (χ1v) is 5.31. The van der Waals surface area contributed by atoms with Gasteiger partial charge in [-0.1, -0.05) is 6.07 Å². The van der Waals surface area contributed by atoms with Crippen LogP contribution in [0.15, 0.2) is 42.7 Å². The Hall–Kier alpha value is -2.23. The quantitative estimate of drug-likeness (QED) is 0.598. The van der Waals surface area contributed by atoms with E-state index in [2.05, 4.69) is 9.97 Å². The van der Waals surface area contributed by atoms with Crippen molar-refractivity contribution in [2.24, 2.45) is 0 Å². The lowest BCUT2D eigenvalue weighted by molar-refractivity contribution is 0.585. The van der Waals surface area contributed by atoms with Gasteiger partial charge in [0.1, 0.15) is 5.65 Å². The molecule has 0 aliphatic heterocycles. The Labute approximate surface area is 97.6 Å². The number of nitrogens with zero attached hydrogens (tertiary/aromatic N) is 3. The van der Waals surface area contributed by atoms with E-state index in [1.54, 1.807) is 18.3 Å².